The van der Waals surface area contributed by atoms with E-state index in [1.807, 2.05) is 49.6 Å². The Bertz CT molecular complexity index is 766. The number of benzene rings is 1. The van der Waals surface area contributed by atoms with Gasteiger partial charge in [-0.25, -0.2) is 4.79 Å². The molecule has 0 radical (unpaired) electrons. The maximum atomic E-state index is 11.9. The van der Waals surface area contributed by atoms with Crippen molar-refractivity contribution in [3.05, 3.63) is 27.4 Å². The molecule has 0 aliphatic heterocycles. The van der Waals surface area contributed by atoms with E-state index >= 15 is 0 Å². The maximum Gasteiger partial charge on any atom is 0.338 e. The van der Waals surface area contributed by atoms with Gasteiger partial charge in [0.25, 0.3) is 0 Å². The van der Waals surface area contributed by atoms with E-state index in [4.69, 9.17) is 0 Å². The van der Waals surface area contributed by atoms with Gasteiger partial charge in [0.05, 0.1) is 15.6 Å². The molecule has 0 amide bonds. The molecule has 2 aromatic rings. The van der Waals surface area contributed by atoms with Gasteiger partial charge in [-0.05, 0) is 50.2 Å². The number of hydrogen-bond acceptors (Lipinski definition) is 4. The molecule has 1 heterocycles. The molecule has 7 heteroatoms. The molecule has 1 aromatic heterocycles. The van der Waals surface area contributed by atoms with Crippen LogP contribution in [0.1, 0.15) is 21.6 Å². The highest BCUT2D eigenvalue weighted by molar-refractivity contribution is 9.10. The topological polar surface area (TPSA) is 68.9 Å². The zero-order chi connectivity index (χ0) is 17.5. The van der Waals surface area contributed by atoms with Gasteiger partial charge in [0.1, 0.15) is 5.75 Å². The summed E-state index contributed by atoms with van der Waals surface area (Å²) >= 11 is 3.37. The standard InChI is InChI=1S/C16H22BrN3O3/c1-18(2)7-9-13-11(6-10(17)15(9)21)20(5)12(8-19(3)4)14(13)16(22)23/h6,21H,7-8H2,1-5H3,(H,22,23). The summed E-state index contributed by atoms with van der Waals surface area (Å²) < 4.78 is 2.46. The molecule has 0 fully saturated rings. The molecule has 6 nitrogen and oxygen atoms in total. The first-order valence-electron chi connectivity index (χ1n) is 7.19. The van der Waals surface area contributed by atoms with E-state index in [2.05, 4.69) is 15.9 Å². The number of carboxylic acid groups (broad SMARTS) is 1. The van der Waals surface area contributed by atoms with Gasteiger partial charge in [-0.3, -0.25) is 0 Å². The summed E-state index contributed by atoms with van der Waals surface area (Å²) in [7, 11) is 9.43. The number of phenols is 1. The SMILES string of the molecule is CN(C)Cc1c(O)c(Br)cc2c1c(C(=O)O)c(CN(C)C)n2C. The monoisotopic (exact) mass is 383 g/mol. The van der Waals surface area contributed by atoms with Gasteiger partial charge >= 0.3 is 5.97 Å². The Morgan fingerprint density at radius 3 is 2.26 bits per heavy atom. The zero-order valence-corrected chi connectivity index (χ0v) is 15.6. The van der Waals surface area contributed by atoms with Crippen molar-refractivity contribution < 1.29 is 15.0 Å². The number of carbonyl (C=O) groups is 1. The zero-order valence-electron chi connectivity index (χ0n) is 14.0. The van der Waals surface area contributed by atoms with Gasteiger partial charge in [0.2, 0.25) is 0 Å². The fourth-order valence-corrected chi connectivity index (χ4v) is 3.32. The third-order valence-corrected chi connectivity index (χ3v) is 4.40. The van der Waals surface area contributed by atoms with Crippen LogP contribution in [0.4, 0.5) is 0 Å². The number of aromatic hydroxyl groups is 1. The predicted molar refractivity (Wildman–Crippen MR) is 94.0 cm³/mol. The molecule has 0 aliphatic carbocycles. The van der Waals surface area contributed by atoms with Crippen LogP contribution in [0.3, 0.4) is 0 Å². The Kier molecular flexibility index (Phi) is 5.03. The quantitative estimate of drug-likeness (QED) is 0.829. The van der Waals surface area contributed by atoms with Crippen molar-refractivity contribution in [3.63, 3.8) is 0 Å². The van der Waals surface area contributed by atoms with Crippen LogP contribution >= 0.6 is 15.9 Å². The minimum absolute atomic E-state index is 0.0932. The summed E-state index contributed by atoms with van der Waals surface area (Å²) in [5, 5.41) is 20.8. The van der Waals surface area contributed by atoms with Crippen molar-refractivity contribution in [2.24, 2.45) is 7.05 Å². The van der Waals surface area contributed by atoms with Gasteiger partial charge < -0.3 is 24.6 Å². The highest BCUT2D eigenvalue weighted by Gasteiger charge is 2.26. The van der Waals surface area contributed by atoms with Crippen molar-refractivity contribution in [3.8, 4) is 5.75 Å². The summed E-state index contributed by atoms with van der Waals surface area (Å²) in [5.74, 6) is -0.884. The van der Waals surface area contributed by atoms with Crippen LogP contribution in [0.15, 0.2) is 10.5 Å². The Morgan fingerprint density at radius 1 is 1.22 bits per heavy atom. The van der Waals surface area contributed by atoms with Crippen LogP contribution < -0.4 is 0 Å². The average Bonchev–Trinajstić information content (AvgIpc) is 2.68. The smallest absolute Gasteiger partial charge is 0.338 e. The van der Waals surface area contributed by atoms with E-state index in [0.717, 1.165) is 11.2 Å². The largest absolute Gasteiger partial charge is 0.506 e. The lowest BCUT2D eigenvalue weighted by Gasteiger charge is -2.14. The van der Waals surface area contributed by atoms with E-state index < -0.39 is 5.97 Å². The van der Waals surface area contributed by atoms with E-state index in [1.54, 1.807) is 6.07 Å². The third kappa shape index (κ3) is 3.22. The van der Waals surface area contributed by atoms with Crippen LogP contribution in [0.5, 0.6) is 5.75 Å². The molecule has 0 spiro atoms. The third-order valence-electron chi connectivity index (χ3n) is 3.79. The van der Waals surface area contributed by atoms with Crippen LogP contribution in [-0.4, -0.2) is 58.7 Å². The highest BCUT2D eigenvalue weighted by Crippen LogP contribution is 2.39. The summed E-state index contributed by atoms with van der Waals surface area (Å²) in [6.45, 7) is 0.958. The number of hydrogen-bond donors (Lipinski definition) is 2. The molecule has 2 N–H and O–H groups in total. The lowest BCUT2D eigenvalue weighted by molar-refractivity contribution is 0.0696. The van der Waals surface area contributed by atoms with Gasteiger partial charge in [0, 0.05) is 36.8 Å². The first-order chi connectivity index (χ1) is 10.6. The van der Waals surface area contributed by atoms with Crippen LogP contribution in [0, 0.1) is 0 Å². The number of fused-ring (bicyclic) bond motifs is 1. The highest BCUT2D eigenvalue weighted by atomic mass is 79.9. The van der Waals surface area contributed by atoms with Gasteiger partial charge in [-0.2, -0.15) is 0 Å². The average molecular weight is 384 g/mol. The van der Waals surface area contributed by atoms with E-state index in [0.29, 0.717) is 28.5 Å². The minimum atomic E-state index is -0.978. The second-order valence-electron chi connectivity index (χ2n) is 6.24. The molecule has 0 atom stereocenters. The van der Waals surface area contributed by atoms with Gasteiger partial charge in [0.15, 0.2) is 0 Å². The molecule has 0 saturated heterocycles. The lowest BCUT2D eigenvalue weighted by atomic mass is 10.0. The Morgan fingerprint density at radius 2 is 1.78 bits per heavy atom. The van der Waals surface area contributed by atoms with Crippen molar-refractivity contribution in [2.45, 2.75) is 13.1 Å². The van der Waals surface area contributed by atoms with E-state index in [9.17, 15) is 15.0 Å². The molecule has 126 valence electrons. The van der Waals surface area contributed by atoms with Gasteiger partial charge in [-0.1, -0.05) is 0 Å². The molecule has 23 heavy (non-hydrogen) atoms. The van der Waals surface area contributed by atoms with Crippen molar-refractivity contribution >= 4 is 32.8 Å². The molecule has 2 rings (SSSR count). The lowest BCUT2D eigenvalue weighted by Crippen LogP contribution is -2.16. The van der Waals surface area contributed by atoms with Crippen molar-refractivity contribution in [1.82, 2.24) is 14.4 Å². The molecular weight excluding hydrogens is 362 g/mol. The molecule has 0 bridgehead atoms. The van der Waals surface area contributed by atoms with Crippen LogP contribution in [0.2, 0.25) is 0 Å². The summed E-state index contributed by atoms with van der Waals surface area (Å²) in [4.78, 5) is 15.8. The number of aryl methyl sites for hydroxylation is 1. The van der Waals surface area contributed by atoms with Crippen LogP contribution in [-0.2, 0) is 20.1 Å². The number of carboxylic acids is 1. The van der Waals surface area contributed by atoms with Crippen molar-refractivity contribution in [1.29, 1.82) is 0 Å². The van der Waals surface area contributed by atoms with Crippen LogP contribution in [0.25, 0.3) is 10.9 Å². The number of phenolic OH excluding ortho intramolecular Hbond substituents is 1. The Labute approximate surface area is 144 Å². The molecule has 0 aliphatic rings. The minimum Gasteiger partial charge on any atom is -0.506 e. The molecule has 0 saturated carbocycles. The van der Waals surface area contributed by atoms with Gasteiger partial charge in [-0.15, -0.1) is 0 Å². The number of rotatable bonds is 5. The molecule has 1 aromatic carbocycles. The fourth-order valence-electron chi connectivity index (χ4n) is 2.86. The Balaban J connectivity index is 2.93. The second kappa shape index (κ2) is 6.51. The molecule has 0 unspecified atom stereocenters. The number of nitrogens with zero attached hydrogens (tertiary/aromatic N) is 3. The summed E-state index contributed by atoms with van der Waals surface area (Å²) in [5.41, 5.74) is 2.39. The first kappa shape index (κ1) is 17.8. The molecular formula is C16H22BrN3O3. The number of aromatic carboxylic acids is 1. The predicted octanol–water partition coefficient (Wildman–Crippen LogP) is 2.47. The number of aromatic nitrogens is 1. The summed E-state index contributed by atoms with van der Waals surface area (Å²) in [6, 6.07) is 1.77. The fraction of sp³-hybridized carbons (Fsp3) is 0.438. The summed E-state index contributed by atoms with van der Waals surface area (Å²) in [6.07, 6.45) is 0. The second-order valence-corrected chi connectivity index (χ2v) is 7.10. The first-order valence-corrected chi connectivity index (χ1v) is 7.98. The van der Waals surface area contributed by atoms with E-state index in [-0.39, 0.29) is 11.3 Å². The van der Waals surface area contributed by atoms with Crippen molar-refractivity contribution in [2.75, 3.05) is 28.2 Å². The number of halogens is 1. The Hall–Kier alpha value is -1.57. The normalized spacial score (nSPS) is 11.8. The maximum absolute atomic E-state index is 11.9. The van der Waals surface area contributed by atoms with E-state index in [1.165, 1.54) is 0 Å².